The van der Waals surface area contributed by atoms with Crippen LogP contribution in [0.2, 0.25) is 0 Å². The van der Waals surface area contributed by atoms with Gasteiger partial charge in [-0.05, 0) is 12.5 Å². The van der Waals surface area contributed by atoms with Crippen LogP contribution in [0.4, 0.5) is 0 Å². The van der Waals surface area contributed by atoms with Crippen molar-refractivity contribution in [3.05, 3.63) is 35.4 Å². The van der Waals surface area contributed by atoms with E-state index in [1.165, 1.54) is 7.05 Å². The van der Waals surface area contributed by atoms with Crippen molar-refractivity contribution in [2.24, 2.45) is 5.84 Å². The minimum atomic E-state index is -0.709. The van der Waals surface area contributed by atoms with E-state index in [4.69, 9.17) is 5.84 Å². The number of Topliss-reactive ketones (excluding diaryl/α,β-unsaturated/α-hetero) is 1. The van der Waals surface area contributed by atoms with Crippen LogP contribution in [0.5, 0.6) is 0 Å². The minimum Gasteiger partial charge on any atom is -0.283 e. The number of aryl methyl sites for hydroxylation is 1. The highest BCUT2D eigenvalue weighted by Crippen LogP contribution is 2.08. The second kappa shape index (κ2) is 4.02. The Hall–Kier alpha value is -1.68. The van der Waals surface area contributed by atoms with Crippen molar-refractivity contribution in [1.29, 1.82) is 0 Å². The lowest BCUT2D eigenvalue weighted by Gasteiger charge is -2.09. The fourth-order valence-electron chi connectivity index (χ4n) is 1.10. The van der Waals surface area contributed by atoms with E-state index in [2.05, 4.69) is 0 Å². The lowest BCUT2D eigenvalue weighted by Crippen LogP contribution is -2.38. The maximum Gasteiger partial charge on any atom is 0.308 e. The molecule has 1 amide bonds. The molecule has 0 heterocycles. The molecule has 0 fully saturated rings. The zero-order valence-corrected chi connectivity index (χ0v) is 8.15. The largest absolute Gasteiger partial charge is 0.308 e. The van der Waals surface area contributed by atoms with Gasteiger partial charge in [0.15, 0.2) is 0 Å². The molecule has 0 saturated heterocycles. The highest BCUT2D eigenvalue weighted by atomic mass is 16.2. The lowest BCUT2D eigenvalue weighted by molar-refractivity contribution is -0.125. The quantitative estimate of drug-likeness (QED) is 0.244. The van der Waals surface area contributed by atoms with E-state index < -0.39 is 11.7 Å². The van der Waals surface area contributed by atoms with E-state index >= 15 is 0 Å². The van der Waals surface area contributed by atoms with Gasteiger partial charge in [0.2, 0.25) is 0 Å². The molecule has 0 saturated carbocycles. The van der Waals surface area contributed by atoms with E-state index in [1.54, 1.807) is 25.1 Å². The molecule has 0 aromatic heterocycles. The Labute approximate surface area is 82.3 Å². The van der Waals surface area contributed by atoms with Gasteiger partial charge in [-0.25, -0.2) is 5.84 Å². The second-order valence-corrected chi connectivity index (χ2v) is 3.06. The van der Waals surface area contributed by atoms with Gasteiger partial charge < -0.3 is 0 Å². The van der Waals surface area contributed by atoms with Gasteiger partial charge in [0.1, 0.15) is 0 Å². The van der Waals surface area contributed by atoms with E-state index in [9.17, 15) is 9.59 Å². The normalized spacial score (nSPS) is 9.64. The number of carbonyl (C=O) groups is 2. The second-order valence-electron chi connectivity index (χ2n) is 3.06. The molecule has 4 nitrogen and oxygen atoms in total. The summed E-state index contributed by atoms with van der Waals surface area (Å²) in [5.74, 6) is 3.90. The topological polar surface area (TPSA) is 63.4 Å². The van der Waals surface area contributed by atoms with Gasteiger partial charge >= 0.3 is 5.91 Å². The standard InChI is InChI=1S/C10H12N2O2/c1-7-5-3-4-6-8(7)9(13)10(14)12(2)11/h3-6H,11H2,1-2H3. The van der Waals surface area contributed by atoms with Crippen LogP contribution in [0.3, 0.4) is 0 Å². The molecule has 1 rings (SSSR count). The predicted octanol–water partition coefficient (Wildman–Crippen LogP) is 0.510. The number of benzene rings is 1. The Balaban J connectivity index is 3.02. The van der Waals surface area contributed by atoms with Gasteiger partial charge in [-0.2, -0.15) is 0 Å². The van der Waals surface area contributed by atoms with Crippen molar-refractivity contribution >= 4 is 11.7 Å². The SMILES string of the molecule is Cc1ccccc1C(=O)C(=O)N(C)N. The third-order valence-electron chi connectivity index (χ3n) is 1.90. The van der Waals surface area contributed by atoms with Gasteiger partial charge in [-0.1, -0.05) is 24.3 Å². The van der Waals surface area contributed by atoms with Gasteiger partial charge in [-0.3, -0.25) is 14.6 Å². The number of hydrogen-bond acceptors (Lipinski definition) is 3. The molecule has 74 valence electrons. The molecule has 14 heavy (non-hydrogen) atoms. The van der Waals surface area contributed by atoms with Crippen LogP contribution in [0.1, 0.15) is 15.9 Å². The van der Waals surface area contributed by atoms with Crippen molar-refractivity contribution in [3.8, 4) is 0 Å². The molecule has 4 heteroatoms. The Morgan fingerprint density at radius 2 is 1.86 bits per heavy atom. The van der Waals surface area contributed by atoms with Gasteiger partial charge in [-0.15, -0.1) is 0 Å². The molecular formula is C10H12N2O2. The smallest absolute Gasteiger partial charge is 0.283 e. The molecule has 1 aromatic carbocycles. The molecule has 0 radical (unpaired) electrons. The van der Waals surface area contributed by atoms with Gasteiger partial charge in [0, 0.05) is 12.6 Å². The number of likely N-dealkylation sites (N-methyl/N-ethyl adjacent to an activating group) is 1. The fourth-order valence-corrected chi connectivity index (χ4v) is 1.10. The summed E-state index contributed by atoms with van der Waals surface area (Å²) in [6.07, 6.45) is 0. The molecule has 0 aliphatic carbocycles. The molecule has 0 unspecified atom stereocenters. The van der Waals surface area contributed by atoms with Crippen molar-refractivity contribution in [2.45, 2.75) is 6.92 Å². The number of amides is 1. The molecule has 0 aliphatic rings. The summed E-state index contributed by atoms with van der Waals surface area (Å²) in [5, 5.41) is 0.786. The zero-order valence-electron chi connectivity index (χ0n) is 8.15. The van der Waals surface area contributed by atoms with Crippen molar-refractivity contribution in [2.75, 3.05) is 7.05 Å². The number of hydrogen-bond donors (Lipinski definition) is 1. The summed E-state index contributed by atoms with van der Waals surface area (Å²) in [6, 6.07) is 6.91. The third kappa shape index (κ3) is 1.97. The van der Waals surface area contributed by atoms with Crippen LogP contribution < -0.4 is 5.84 Å². The lowest BCUT2D eigenvalue weighted by atomic mass is 10.0. The summed E-state index contributed by atoms with van der Waals surface area (Å²) in [5.41, 5.74) is 1.17. The van der Waals surface area contributed by atoms with E-state index in [0.717, 1.165) is 10.6 Å². The number of hydrazine groups is 1. The maximum absolute atomic E-state index is 11.5. The van der Waals surface area contributed by atoms with Crippen LogP contribution in [0.15, 0.2) is 24.3 Å². The first-order valence-corrected chi connectivity index (χ1v) is 4.16. The maximum atomic E-state index is 11.5. The Morgan fingerprint density at radius 1 is 1.29 bits per heavy atom. The Bertz CT molecular complexity index is 372. The highest BCUT2D eigenvalue weighted by Gasteiger charge is 2.19. The van der Waals surface area contributed by atoms with E-state index in [-0.39, 0.29) is 0 Å². The van der Waals surface area contributed by atoms with Crippen LogP contribution in [-0.4, -0.2) is 23.7 Å². The number of carbonyl (C=O) groups excluding carboxylic acids is 2. The Kier molecular flexibility index (Phi) is 2.99. The van der Waals surface area contributed by atoms with Crippen LogP contribution in [0, 0.1) is 6.92 Å². The zero-order chi connectivity index (χ0) is 10.7. The first kappa shape index (κ1) is 10.4. The monoisotopic (exact) mass is 192 g/mol. The molecule has 0 bridgehead atoms. The minimum absolute atomic E-state index is 0.398. The summed E-state index contributed by atoms with van der Waals surface area (Å²) in [7, 11) is 1.35. The molecule has 2 N–H and O–H groups in total. The van der Waals surface area contributed by atoms with Crippen LogP contribution in [0.25, 0.3) is 0 Å². The van der Waals surface area contributed by atoms with Crippen molar-refractivity contribution < 1.29 is 9.59 Å². The predicted molar refractivity (Wildman–Crippen MR) is 52.5 cm³/mol. The third-order valence-corrected chi connectivity index (χ3v) is 1.90. The summed E-state index contributed by atoms with van der Waals surface area (Å²) >= 11 is 0. The summed E-state index contributed by atoms with van der Waals surface area (Å²) < 4.78 is 0. The number of nitrogens with two attached hydrogens (primary N) is 1. The van der Waals surface area contributed by atoms with E-state index in [1.807, 2.05) is 6.07 Å². The molecule has 0 atom stereocenters. The van der Waals surface area contributed by atoms with Crippen LogP contribution >= 0.6 is 0 Å². The first-order chi connectivity index (χ1) is 6.54. The molecular weight excluding hydrogens is 180 g/mol. The average Bonchev–Trinajstić information content (AvgIpc) is 2.16. The van der Waals surface area contributed by atoms with Gasteiger partial charge in [0.05, 0.1) is 0 Å². The summed E-state index contributed by atoms with van der Waals surface area (Å²) in [4.78, 5) is 22.8. The van der Waals surface area contributed by atoms with Crippen LogP contribution in [-0.2, 0) is 4.79 Å². The fraction of sp³-hybridized carbons (Fsp3) is 0.200. The van der Waals surface area contributed by atoms with E-state index in [0.29, 0.717) is 5.56 Å². The summed E-state index contributed by atoms with van der Waals surface area (Å²) in [6.45, 7) is 1.77. The molecule has 0 spiro atoms. The van der Waals surface area contributed by atoms with Gasteiger partial charge in [0.25, 0.3) is 5.78 Å². The van der Waals surface area contributed by atoms with Crippen molar-refractivity contribution in [1.82, 2.24) is 5.01 Å². The number of nitrogens with zero attached hydrogens (tertiary/aromatic N) is 1. The number of rotatable bonds is 2. The average molecular weight is 192 g/mol. The van der Waals surface area contributed by atoms with Crippen molar-refractivity contribution in [3.63, 3.8) is 0 Å². The molecule has 0 aliphatic heterocycles. The first-order valence-electron chi connectivity index (χ1n) is 4.16. The number of ketones is 1. The molecule has 1 aromatic rings. The highest BCUT2D eigenvalue weighted by molar-refractivity contribution is 6.42. The Morgan fingerprint density at radius 3 is 2.36 bits per heavy atom.